The number of benzene rings is 4. The number of anilines is 2. The van der Waals surface area contributed by atoms with Gasteiger partial charge in [-0.15, -0.1) is 0 Å². The summed E-state index contributed by atoms with van der Waals surface area (Å²) in [6.45, 7) is 0. The third-order valence-corrected chi connectivity index (χ3v) is 8.96. The lowest BCUT2D eigenvalue weighted by molar-refractivity contribution is -0.137. The Morgan fingerprint density at radius 3 is 1.89 bits per heavy atom. The minimum atomic E-state index is -4.70. The van der Waals surface area contributed by atoms with Crippen LogP contribution in [0.1, 0.15) is 26.3 Å². The van der Waals surface area contributed by atoms with Crippen molar-refractivity contribution >= 4 is 54.8 Å². The van der Waals surface area contributed by atoms with Crippen molar-refractivity contribution < 1.29 is 44.0 Å². The molecule has 4 aromatic rings. The number of amides is 2. The van der Waals surface area contributed by atoms with Crippen molar-refractivity contribution in [3.8, 4) is 0 Å². The zero-order chi connectivity index (χ0) is 32.3. The van der Waals surface area contributed by atoms with E-state index in [0.29, 0.717) is 6.07 Å². The Kier molecular flexibility index (Phi) is 9.17. The van der Waals surface area contributed by atoms with Gasteiger partial charge in [-0.1, -0.05) is 23.7 Å². The largest absolute Gasteiger partial charge is 0.416 e. The number of halogens is 5. The second-order valence-electron chi connectivity index (χ2n) is 8.88. The van der Waals surface area contributed by atoms with Crippen LogP contribution in [0, 0.1) is 5.82 Å². The first-order valence-corrected chi connectivity index (χ1v) is 15.4. The number of alkyl halides is 3. The van der Waals surface area contributed by atoms with Crippen LogP contribution in [0.15, 0.2) is 101 Å². The Morgan fingerprint density at radius 1 is 0.659 bits per heavy atom. The number of nitrogens with one attached hydrogen (secondary N) is 4. The van der Waals surface area contributed by atoms with Crippen LogP contribution < -0.4 is 20.3 Å². The van der Waals surface area contributed by atoms with Gasteiger partial charge in [0.05, 0.1) is 15.5 Å². The van der Waals surface area contributed by atoms with Gasteiger partial charge in [0.15, 0.2) is 0 Å². The highest BCUT2D eigenvalue weighted by Gasteiger charge is 2.31. The molecule has 0 unspecified atom stereocenters. The molecule has 0 spiro atoms. The summed E-state index contributed by atoms with van der Waals surface area (Å²) in [4.78, 5) is 24.4. The molecule has 0 aliphatic rings. The molecule has 2 amide bonds. The van der Waals surface area contributed by atoms with Crippen LogP contribution in [0.2, 0.25) is 5.02 Å². The number of hydrogen-bond acceptors (Lipinski definition) is 6. The highest BCUT2D eigenvalue weighted by Crippen LogP contribution is 2.31. The maximum Gasteiger partial charge on any atom is 0.416 e. The van der Waals surface area contributed by atoms with Crippen LogP contribution in [0.25, 0.3) is 0 Å². The minimum absolute atomic E-state index is 0.0267. The van der Waals surface area contributed by atoms with E-state index < -0.39 is 59.2 Å². The molecule has 17 heteroatoms. The molecule has 0 heterocycles. The van der Waals surface area contributed by atoms with Gasteiger partial charge in [0.2, 0.25) is 0 Å². The van der Waals surface area contributed by atoms with Crippen molar-refractivity contribution in [2.75, 3.05) is 9.44 Å². The summed E-state index contributed by atoms with van der Waals surface area (Å²) in [5.74, 6) is -2.54. The molecular formula is C27H19ClF4N4O6S2. The van der Waals surface area contributed by atoms with Gasteiger partial charge in [-0.25, -0.2) is 21.2 Å². The van der Waals surface area contributed by atoms with Crippen molar-refractivity contribution in [2.45, 2.75) is 16.0 Å². The molecule has 230 valence electrons. The first-order chi connectivity index (χ1) is 20.5. The van der Waals surface area contributed by atoms with E-state index in [4.69, 9.17) is 11.6 Å². The average Bonchev–Trinajstić information content (AvgIpc) is 2.96. The molecule has 0 aliphatic heterocycles. The first kappa shape index (κ1) is 32.2. The minimum Gasteiger partial charge on any atom is -0.280 e. The van der Waals surface area contributed by atoms with E-state index in [1.165, 1.54) is 30.3 Å². The van der Waals surface area contributed by atoms with Crippen molar-refractivity contribution in [1.82, 2.24) is 10.9 Å². The first-order valence-electron chi connectivity index (χ1n) is 12.0. The molecule has 4 aromatic carbocycles. The fourth-order valence-corrected chi connectivity index (χ4v) is 6.29. The molecule has 0 aromatic heterocycles. The number of sulfonamides is 2. The summed E-state index contributed by atoms with van der Waals surface area (Å²) in [6.07, 6.45) is -4.70. The maximum atomic E-state index is 13.1. The average molecular weight is 671 g/mol. The van der Waals surface area contributed by atoms with Gasteiger partial charge >= 0.3 is 6.18 Å². The van der Waals surface area contributed by atoms with Crippen LogP contribution in [0.5, 0.6) is 0 Å². The zero-order valence-corrected chi connectivity index (χ0v) is 24.2. The molecule has 4 N–H and O–H groups in total. The fourth-order valence-electron chi connectivity index (χ4n) is 3.61. The molecule has 0 saturated carbocycles. The number of hydrogen-bond donors (Lipinski definition) is 4. The van der Waals surface area contributed by atoms with Gasteiger partial charge in [-0.2, -0.15) is 13.2 Å². The van der Waals surface area contributed by atoms with Crippen LogP contribution in [-0.4, -0.2) is 28.6 Å². The van der Waals surface area contributed by atoms with Gasteiger partial charge in [-0.05, 0) is 78.9 Å². The van der Waals surface area contributed by atoms with Crippen LogP contribution >= 0.6 is 11.6 Å². The molecule has 0 radical (unpaired) electrons. The summed E-state index contributed by atoms with van der Waals surface area (Å²) in [5.41, 5.74) is 2.22. The van der Waals surface area contributed by atoms with Gasteiger partial charge in [0.1, 0.15) is 10.7 Å². The predicted octanol–water partition coefficient (Wildman–Crippen LogP) is 5.17. The molecule has 4 rings (SSSR count). The monoisotopic (exact) mass is 670 g/mol. The van der Waals surface area contributed by atoms with E-state index in [-0.39, 0.29) is 27.5 Å². The van der Waals surface area contributed by atoms with E-state index in [1.807, 2.05) is 4.72 Å². The molecule has 0 fully saturated rings. The quantitative estimate of drug-likeness (QED) is 0.150. The highest BCUT2D eigenvalue weighted by molar-refractivity contribution is 7.93. The Hall–Kier alpha value is -4.67. The van der Waals surface area contributed by atoms with Gasteiger partial charge in [0, 0.05) is 22.5 Å². The summed E-state index contributed by atoms with van der Waals surface area (Å²) in [6, 6.07) is 15.6. The normalized spacial score (nSPS) is 11.8. The molecule has 0 bridgehead atoms. The number of carbonyl (C=O) groups excluding carboxylic acids is 2. The highest BCUT2D eigenvalue weighted by atomic mass is 35.5. The zero-order valence-electron chi connectivity index (χ0n) is 21.8. The number of carbonyl (C=O) groups is 2. The molecule has 10 nitrogen and oxygen atoms in total. The molecule has 0 aliphatic carbocycles. The smallest absolute Gasteiger partial charge is 0.280 e. The van der Waals surface area contributed by atoms with E-state index in [2.05, 4.69) is 15.6 Å². The molecular weight excluding hydrogens is 652 g/mol. The lowest BCUT2D eigenvalue weighted by Crippen LogP contribution is -2.41. The second-order valence-corrected chi connectivity index (χ2v) is 12.6. The second kappa shape index (κ2) is 12.5. The van der Waals surface area contributed by atoms with Crippen molar-refractivity contribution in [1.29, 1.82) is 0 Å². The third kappa shape index (κ3) is 7.83. The van der Waals surface area contributed by atoms with Crippen molar-refractivity contribution in [3.05, 3.63) is 119 Å². The van der Waals surface area contributed by atoms with E-state index in [0.717, 1.165) is 54.6 Å². The Morgan fingerprint density at radius 2 is 1.25 bits per heavy atom. The molecule has 0 atom stereocenters. The topological polar surface area (TPSA) is 151 Å². The summed E-state index contributed by atoms with van der Waals surface area (Å²) >= 11 is 6.03. The Balaban J connectivity index is 1.45. The van der Waals surface area contributed by atoms with Crippen LogP contribution in [0.3, 0.4) is 0 Å². The lowest BCUT2D eigenvalue weighted by Gasteiger charge is -2.13. The Labute approximate surface area is 253 Å². The van der Waals surface area contributed by atoms with Crippen LogP contribution in [-0.2, 0) is 26.2 Å². The van der Waals surface area contributed by atoms with E-state index >= 15 is 0 Å². The van der Waals surface area contributed by atoms with Gasteiger partial charge in [0.25, 0.3) is 31.9 Å². The predicted molar refractivity (Wildman–Crippen MR) is 152 cm³/mol. The van der Waals surface area contributed by atoms with Gasteiger partial charge in [-0.3, -0.25) is 29.9 Å². The number of rotatable bonds is 8. The van der Waals surface area contributed by atoms with E-state index in [1.54, 1.807) is 0 Å². The van der Waals surface area contributed by atoms with Crippen molar-refractivity contribution in [2.24, 2.45) is 0 Å². The molecule has 44 heavy (non-hydrogen) atoms. The SMILES string of the molecule is O=C(NNC(=O)c1ccc(Cl)c(S(=O)(=O)Nc2ccc(F)cc2)c1)c1cccc(S(=O)(=O)Nc2cccc(C(F)(F)F)c2)c1. The van der Waals surface area contributed by atoms with Crippen molar-refractivity contribution in [3.63, 3.8) is 0 Å². The lowest BCUT2D eigenvalue weighted by atomic mass is 10.2. The number of hydrazine groups is 1. The van der Waals surface area contributed by atoms with E-state index in [9.17, 15) is 44.0 Å². The summed E-state index contributed by atoms with van der Waals surface area (Å²) in [7, 11) is -8.76. The molecule has 0 saturated heterocycles. The van der Waals surface area contributed by atoms with Gasteiger partial charge < -0.3 is 0 Å². The fraction of sp³-hybridized carbons (Fsp3) is 0.0370. The summed E-state index contributed by atoms with van der Waals surface area (Å²) in [5, 5.41) is -0.239. The standard InChI is InChI=1S/C27H19ClF4N4O6S2/c28-23-12-7-17(14-24(23)44(41,42)35-20-10-8-19(29)9-11-20)26(38)34-33-25(37)16-3-1-6-22(13-16)43(39,40)36-21-5-2-4-18(15-21)27(30,31)32/h1-15,35-36H,(H,33,37)(H,34,38). The van der Waals surface area contributed by atoms with Crippen LogP contribution in [0.4, 0.5) is 28.9 Å². The Bertz CT molecular complexity index is 1960. The maximum absolute atomic E-state index is 13.1. The summed E-state index contributed by atoms with van der Waals surface area (Å²) < 4.78 is 108. The third-order valence-electron chi connectivity index (χ3n) is 5.72.